The molecule has 0 bridgehead atoms. The van der Waals surface area contributed by atoms with E-state index in [1.54, 1.807) is 0 Å². The fourth-order valence-corrected chi connectivity index (χ4v) is 4.74. The Morgan fingerprint density at radius 2 is 1.50 bits per heavy atom. The van der Waals surface area contributed by atoms with Crippen molar-refractivity contribution in [3.05, 3.63) is 22.4 Å². The lowest BCUT2D eigenvalue weighted by Crippen LogP contribution is -1.79. The predicted octanol–water partition coefficient (Wildman–Crippen LogP) is 6.00. The van der Waals surface area contributed by atoms with E-state index >= 15 is 0 Å². The second-order valence-corrected chi connectivity index (χ2v) is 7.15. The van der Waals surface area contributed by atoms with Gasteiger partial charge < -0.3 is 0 Å². The van der Waals surface area contributed by atoms with Crippen LogP contribution in [-0.2, 0) is 0 Å². The SMILES string of the molecule is Clc1nc2c(Br)c(Br)c(Br)c(Br)c2s1. The zero-order chi connectivity index (χ0) is 10.5. The summed E-state index contributed by atoms with van der Waals surface area (Å²) in [6.07, 6.45) is 0. The Morgan fingerprint density at radius 3 is 2.14 bits per heavy atom. The van der Waals surface area contributed by atoms with Crippen LogP contribution in [0.25, 0.3) is 10.2 Å². The first-order valence-corrected chi connectivity index (χ1v) is 7.67. The fraction of sp³-hybridized carbons (Fsp3) is 0. The highest BCUT2D eigenvalue weighted by atomic mass is 79.9. The molecule has 0 saturated heterocycles. The van der Waals surface area contributed by atoms with E-state index in [1.807, 2.05) is 0 Å². The highest BCUT2D eigenvalue weighted by molar-refractivity contribution is 9.15. The maximum Gasteiger partial charge on any atom is 0.184 e. The second kappa shape index (κ2) is 4.30. The van der Waals surface area contributed by atoms with E-state index in [1.165, 1.54) is 11.3 Å². The summed E-state index contributed by atoms with van der Waals surface area (Å²) in [4.78, 5) is 4.23. The number of aromatic nitrogens is 1. The van der Waals surface area contributed by atoms with Gasteiger partial charge in [-0.2, -0.15) is 0 Å². The van der Waals surface area contributed by atoms with Crippen LogP contribution in [0.1, 0.15) is 0 Å². The zero-order valence-electron chi connectivity index (χ0n) is 6.25. The Labute approximate surface area is 123 Å². The maximum atomic E-state index is 5.87. The van der Waals surface area contributed by atoms with Crippen LogP contribution >= 0.6 is 86.7 Å². The molecule has 2 aromatic rings. The van der Waals surface area contributed by atoms with Crippen molar-refractivity contribution < 1.29 is 0 Å². The van der Waals surface area contributed by atoms with E-state index in [0.29, 0.717) is 4.47 Å². The molecule has 0 aliphatic heterocycles. The van der Waals surface area contributed by atoms with Gasteiger partial charge in [-0.05, 0) is 63.7 Å². The molecule has 7 heteroatoms. The number of hydrogen-bond donors (Lipinski definition) is 0. The molecule has 74 valence electrons. The normalized spacial score (nSPS) is 11.2. The third-order valence-corrected chi connectivity index (χ3v) is 7.77. The Bertz CT molecular complexity index is 479. The molecular weight excluding hydrogens is 485 g/mol. The van der Waals surface area contributed by atoms with Crippen LogP contribution < -0.4 is 0 Å². The van der Waals surface area contributed by atoms with Crippen molar-refractivity contribution >= 4 is 96.9 Å². The number of fused-ring (bicyclic) bond motifs is 1. The fourth-order valence-electron chi connectivity index (χ4n) is 0.988. The molecule has 0 N–H and O–H groups in total. The highest BCUT2D eigenvalue weighted by Gasteiger charge is 2.16. The molecule has 2 rings (SSSR count). The van der Waals surface area contributed by atoms with E-state index in [4.69, 9.17) is 11.6 Å². The highest BCUT2D eigenvalue weighted by Crippen LogP contribution is 2.45. The molecule has 14 heavy (non-hydrogen) atoms. The Kier molecular flexibility index (Phi) is 3.62. The minimum atomic E-state index is 0.534. The lowest BCUT2D eigenvalue weighted by atomic mass is 10.3. The molecule has 0 fully saturated rings. The van der Waals surface area contributed by atoms with Gasteiger partial charge in [0.05, 0.1) is 19.2 Å². The quantitative estimate of drug-likeness (QED) is 0.330. The average Bonchev–Trinajstić information content (AvgIpc) is 2.54. The van der Waals surface area contributed by atoms with Gasteiger partial charge in [0.1, 0.15) is 0 Å². The molecule has 1 nitrogen and oxygen atoms in total. The van der Waals surface area contributed by atoms with Gasteiger partial charge in [0.15, 0.2) is 4.47 Å². The van der Waals surface area contributed by atoms with Crippen LogP contribution in [0.3, 0.4) is 0 Å². The first-order valence-electron chi connectivity index (χ1n) is 3.30. The van der Waals surface area contributed by atoms with Gasteiger partial charge >= 0.3 is 0 Å². The van der Waals surface area contributed by atoms with Crippen molar-refractivity contribution in [1.29, 1.82) is 0 Å². The molecule has 0 unspecified atom stereocenters. The number of hydrogen-bond acceptors (Lipinski definition) is 2. The molecule has 0 aliphatic rings. The largest absolute Gasteiger partial charge is 0.224 e. The summed E-state index contributed by atoms with van der Waals surface area (Å²) < 4.78 is 5.32. The summed E-state index contributed by atoms with van der Waals surface area (Å²) >= 11 is 21.2. The lowest BCUT2D eigenvalue weighted by Gasteiger charge is -2.03. The average molecular weight is 485 g/mol. The molecule has 0 saturated carbocycles. The van der Waals surface area contributed by atoms with Crippen molar-refractivity contribution in [1.82, 2.24) is 4.98 Å². The first-order chi connectivity index (χ1) is 6.52. The van der Waals surface area contributed by atoms with Crippen LogP contribution in [0.2, 0.25) is 4.47 Å². The number of halogens is 5. The zero-order valence-corrected chi connectivity index (χ0v) is 14.2. The molecule has 1 aromatic carbocycles. The van der Waals surface area contributed by atoms with Gasteiger partial charge in [0.2, 0.25) is 0 Å². The summed E-state index contributed by atoms with van der Waals surface area (Å²) in [6, 6.07) is 0. The second-order valence-electron chi connectivity index (χ2n) is 2.40. The Morgan fingerprint density at radius 1 is 0.929 bits per heavy atom. The van der Waals surface area contributed by atoms with E-state index in [-0.39, 0.29) is 0 Å². The Hall–Kier alpha value is 1.32. The van der Waals surface area contributed by atoms with Crippen LogP contribution in [-0.4, -0.2) is 4.98 Å². The summed E-state index contributed by atoms with van der Waals surface area (Å²) in [5.74, 6) is 0. The summed E-state index contributed by atoms with van der Waals surface area (Å²) in [5, 5.41) is 0. The molecule has 0 radical (unpaired) electrons. The molecule has 0 spiro atoms. The van der Waals surface area contributed by atoms with E-state index in [0.717, 1.165) is 28.1 Å². The third-order valence-electron chi connectivity index (χ3n) is 1.59. The number of rotatable bonds is 0. The molecule has 0 amide bonds. The van der Waals surface area contributed by atoms with Gasteiger partial charge in [-0.25, -0.2) is 4.98 Å². The number of nitrogens with zero attached hydrogens (tertiary/aromatic N) is 1. The summed E-state index contributed by atoms with van der Waals surface area (Å²) in [6.45, 7) is 0. The first kappa shape index (κ1) is 11.8. The smallest absolute Gasteiger partial charge is 0.184 e. The van der Waals surface area contributed by atoms with E-state index < -0.39 is 0 Å². The third kappa shape index (κ3) is 1.82. The maximum absolute atomic E-state index is 5.87. The summed E-state index contributed by atoms with van der Waals surface area (Å²) in [7, 11) is 0. The van der Waals surface area contributed by atoms with Crippen molar-refractivity contribution in [3.63, 3.8) is 0 Å². The van der Waals surface area contributed by atoms with Gasteiger partial charge in [-0.3, -0.25) is 0 Å². The van der Waals surface area contributed by atoms with E-state index in [2.05, 4.69) is 68.7 Å². The van der Waals surface area contributed by atoms with Crippen molar-refractivity contribution in [2.75, 3.05) is 0 Å². The number of benzene rings is 1. The minimum Gasteiger partial charge on any atom is -0.224 e. The molecule has 1 heterocycles. The van der Waals surface area contributed by atoms with Crippen LogP contribution in [0.15, 0.2) is 17.9 Å². The van der Waals surface area contributed by atoms with Crippen molar-refractivity contribution in [3.8, 4) is 0 Å². The van der Waals surface area contributed by atoms with E-state index in [9.17, 15) is 0 Å². The van der Waals surface area contributed by atoms with Gasteiger partial charge in [0, 0.05) is 8.95 Å². The van der Waals surface area contributed by atoms with Crippen LogP contribution in [0.4, 0.5) is 0 Å². The molecule has 0 atom stereocenters. The molecule has 1 aromatic heterocycles. The Balaban J connectivity index is 3.01. The van der Waals surface area contributed by atoms with Crippen LogP contribution in [0, 0.1) is 0 Å². The standard InChI is InChI=1S/C7Br4ClNS/c8-1-2(9)4(11)6-5(3(1)10)13-7(12)14-6. The topological polar surface area (TPSA) is 12.9 Å². The van der Waals surface area contributed by atoms with Gasteiger partial charge in [-0.1, -0.05) is 11.6 Å². The summed E-state index contributed by atoms with van der Waals surface area (Å²) in [5.41, 5.74) is 0.863. The lowest BCUT2D eigenvalue weighted by molar-refractivity contribution is 1.45. The predicted molar refractivity (Wildman–Crippen MR) is 75.4 cm³/mol. The monoisotopic (exact) mass is 481 g/mol. The van der Waals surface area contributed by atoms with Crippen molar-refractivity contribution in [2.24, 2.45) is 0 Å². The van der Waals surface area contributed by atoms with Crippen LogP contribution in [0.5, 0.6) is 0 Å². The van der Waals surface area contributed by atoms with Gasteiger partial charge in [-0.15, -0.1) is 11.3 Å². The number of thiazole rings is 1. The van der Waals surface area contributed by atoms with Crippen molar-refractivity contribution in [2.45, 2.75) is 0 Å². The molecule has 0 aliphatic carbocycles. The molecular formula is C7Br4ClNS. The minimum absolute atomic E-state index is 0.534. The van der Waals surface area contributed by atoms with Gasteiger partial charge in [0.25, 0.3) is 0 Å².